The smallest absolute Gasteiger partial charge is 0.320 e. The summed E-state index contributed by atoms with van der Waals surface area (Å²) in [6.07, 6.45) is 7.42. The fraction of sp³-hybridized carbons (Fsp3) is 0.488. The van der Waals surface area contributed by atoms with Crippen LogP contribution in [0.2, 0.25) is 0 Å². The molecular weight excluding hydrogens is 767 g/mol. The van der Waals surface area contributed by atoms with E-state index in [1.54, 1.807) is 23.2 Å². The average molecular weight is 818 g/mol. The van der Waals surface area contributed by atoms with Crippen LogP contribution < -0.4 is 26.6 Å². The lowest BCUT2D eigenvalue weighted by Gasteiger charge is -2.48. The van der Waals surface area contributed by atoms with E-state index in [2.05, 4.69) is 49.8 Å². The molecule has 0 spiro atoms. The summed E-state index contributed by atoms with van der Waals surface area (Å²) >= 11 is 0. The number of urea groups is 1. The van der Waals surface area contributed by atoms with Crippen LogP contribution in [0.4, 0.5) is 27.8 Å². The number of rotatable bonds is 10. The third-order valence-corrected chi connectivity index (χ3v) is 13.6. The highest BCUT2D eigenvalue weighted by atomic mass is 16.2. The molecule has 1 aliphatic carbocycles. The minimum Gasteiger partial charge on any atom is -0.382 e. The quantitative estimate of drug-likeness (QED) is 0.218. The van der Waals surface area contributed by atoms with Gasteiger partial charge in [-0.3, -0.25) is 34.2 Å². The van der Waals surface area contributed by atoms with Gasteiger partial charge in [-0.25, -0.2) is 14.8 Å². The van der Waals surface area contributed by atoms with E-state index in [0.717, 1.165) is 75.3 Å². The molecule has 17 heteroatoms. The Morgan fingerprint density at radius 1 is 0.917 bits per heavy atom. The lowest BCUT2D eigenvalue weighted by atomic mass is 9.73. The number of hydrogen-bond donors (Lipinski definition) is 4. The van der Waals surface area contributed by atoms with E-state index >= 15 is 0 Å². The van der Waals surface area contributed by atoms with Gasteiger partial charge in [0.2, 0.25) is 11.8 Å². The van der Waals surface area contributed by atoms with E-state index in [9.17, 15) is 28.8 Å². The zero-order valence-electron chi connectivity index (χ0n) is 34.0. The van der Waals surface area contributed by atoms with Crippen LogP contribution in [0.25, 0.3) is 0 Å². The fourth-order valence-corrected chi connectivity index (χ4v) is 9.85. The molecule has 314 valence electrons. The number of nitrogens with two attached hydrogens (primary N) is 1. The zero-order valence-corrected chi connectivity index (χ0v) is 34.0. The van der Waals surface area contributed by atoms with Crippen LogP contribution >= 0.6 is 0 Å². The Morgan fingerprint density at radius 3 is 2.38 bits per heavy atom. The molecule has 17 nitrogen and oxygen atoms in total. The monoisotopic (exact) mass is 817 g/mol. The Hall–Kier alpha value is -6.10. The average Bonchev–Trinajstić information content (AvgIpc) is 3.70. The van der Waals surface area contributed by atoms with Crippen LogP contribution in [0.5, 0.6) is 0 Å². The molecule has 1 aromatic heterocycles. The second kappa shape index (κ2) is 15.5. The maximum atomic E-state index is 13.6. The molecule has 3 aromatic rings. The van der Waals surface area contributed by atoms with Crippen LogP contribution in [0.1, 0.15) is 95.1 Å². The number of hydrogen-bond acceptors (Lipinski definition) is 12. The van der Waals surface area contributed by atoms with Gasteiger partial charge >= 0.3 is 6.03 Å². The first-order valence-electron chi connectivity index (χ1n) is 21.0. The van der Waals surface area contributed by atoms with Crippen molar-refractivity contribution in [2.24, 2.45) is 5.73 Å². The van der Waals surface area contributed by atoms with Crippen molar-refractivity contribution in [2.45, 2.75) is 87.9 Å². The second-order valence-corrected chi connectivity index (χ2v) is 17.4. The van der Waals surface area contributed by atoms with Gasteiger partial charge in [-0.15, -0.1) is 0 Å². The van der Waals surface area contributed by atoms with E-state index in [1.165, 1.54) is 5.56 Å². The number of carbonyl (C=O) groups excluding carboxylic acids is 6. The van der Waals surface area contributed by atoms with E-state index in [0.29, 0.717) is 36.5 Å². The molecule has 5 N–H and O–H groups in total. The Balaban J connectivity index is 0.791. The van der Waals surface area contributed by atoms with Gasteiger partial charge in [-0.05, 0) is 93.3 Å². The number of likely N-dealkylation sites (N-methyl/N-ethyl adjacent to an activating group) is 1. The Kier molecular flexibility index (Phi) is 10.2. The van der Waals surface area contributed by atoms with Crippen molar-refractivity contribution in [3.05, 3.63) is 71.0 Å². The molecule has 1 unspecified atom stereocenters. The Morgan fingerprint density at radius 2 is 1.68 bits per heavy atom. The van der Waals surface area contributed by atoms with E-state index in [1.807, 2.05) is 30.1 Å². The molecule has 5 fully saturated rings. The Bertz CT molecular complexity index is 2250. The number of aromatic nitrogens is 2. The van der Waals surface area contributed by atoms with Crippen LogP contribution in [-0.2, 0) is 15.0 Å². The van der Waals surface area contributed by atoms with E-state index in [-0.39, 0.29) is 53.2 Å². The maximum absolute atomic E-state index is 13.6. The van der Waals surface area contributed by atoms with Gasteiger partial charge in [0.25, 0.3) is 17.7 Å². The summed E-state index contributed by atoms with van der Waals surface area (Å²) in [6, 6.07) is 13.1. The lowest BCUT2D eigenvalue weighted by Crippen LogP contribution is -2.54. The van der Waals surface area contributed by atoms with Crippen molar-refractivity contribution in [1.29, 1.82) is 0 Å². The summed E-state index contributed by atoms with van der Waals surface area (Å²) in [5, 5.41) is 9.06. The summed E-state index contributed by atoms with van der Waals surface area (Å²) in [7, 11) is 1.83. The molecule has 6 aliphatic rings. The SMILES string of the molecule is CN1CCN([C@H]2CCCN(c3cnc(C(N)=O)c(Nc4ccc(C5(C)CCN(C6CC(Nc7cccc8c7C(=O)N(C7CCC(=O)NC7=O)C8=O)C6)CC5)cc4)n3)C2)C1=O. The van der Waals surface area contributed by atoms with Crippen molar-refractivity contribution in [2.75, 3.05) is 61.8 Å². The molecule has 5 aliphatic heterocycles. The number of imide groups is 2. The highest BCUT2D eigenvalue weighted by Crippen LogP contribution is 2.40. The van der Waals surface area contributed by atoms with Gasteiger partial charge in [0.1, 0.15) is 11.9 Å². The standard InChI is InChI=1S/C43H51N11O6/c1-43(25-8-10-26(11-9-25)47-38-36(37(44)56)45-23-33(48-38)52-16-4-5-28(24-52)53-20-19-50(2)42(53)60)14-17-51(18-15-43)29-21-27(22-29)46-31-7-3-6-30-35(31)41(59)54(40(30)58)32-12-13-34(55)49-39(32)57/h3,6-11,23,27-29,32,46H,4-5,12-22,24H2,1-2H3,(H2,44,56)(H,47,48)(H,49,55,57)/t27?,28-,29?,32?/m0/s1. The first kappa shape index (κ1) is 39.4. The molecule has 6 heterocycles. The molecule has 4 saturated heterocycles. The number of amides is 7. The van der Waals surface area contributed by atoms with Crippen molar-refractivity contribution in [1.82, 2.24) is 34.9 Å². The topological polar surface area (TPSA) is 207 Å². The number of anilines is 4. The third kappa shape index (κ3) is 7.17. The van der Waals surface area contributed by atoms with Gasteiger partial charge in [-0.2, -0.15) is 0 Å². The molecule has 60 heavy (non-hydrogen) atoms. The van der Waals surface area contributed by atoms with Crippen molar-refractivity contribution in [3.63, 3.8) is 0 Å². The first-order valence-corrected chi connectivity index (χ1v) is 21.0. The minimum atomic E-state index is -0.999. The summed E-state index contributed by atoms with van der Waals surface area (Å²) in [6.45, 7) is 7.06. The normalized spacial score (nSPS) is 25.6. The number of benzene rings is 2. The summed E-state index contributed by atoms with van der Waals surface area (Å²) < 4.78 is 0. The summed E-state index contributed by atoms with van der Waals surface area (Å²) in [5.41, 5.74) is 8.93. The van der Waals surface area contributed by atoms with Gasteiger partial charge in [0, 0.05) is 63.1 Å². The molecule has 0 radical (unpaired) electrons. The number of likely N-dealkylation sites (tertiary alicyclic amines) is 1. The molecule has 1 saturated carbocycles. The van der Waals surface area contributed by atoms with Gasteiger partial charge in [0.05, 0.1) is 23.4 Å². The lowest BCUT2D eigenvalue weighted by molar-refractivity contribution is -0.136. The molecule has 2 aromatic carbocycles. The predicted octanol–water partition coefficient (Wildman–Crippen LogP) is 3.05. The molecule has 9 rings (SSSR count). The third-order valence-electron chi connectivity index (χ3n) is 13.6. The summed E-state index contributed by atoms with van der Waals surface area (Å²) in [4.78, 5) is 94.8. The van der Waals surface area contributed by atoms with Gasteiger partial charge in [-0.1, -0.05) is 25.1 Å². The van der Waals surface area contributed by atoms with E-state index < -0.39 is 35.6 Å². The van der Waals surface area contributed by atoms with Crippen LogP contribution in [0.3, 0.4) is 0 Å². The number of fused-ring (bicyclic) bond motifs is 1. The summed E-state index contributed by atoms with van der Waals surface area (Å²) in [5.74, 6) is -1.78. The molecular formula is C43H51N11O6. The zero-order chi connectivity index (χ0) is 41.9. The first-order chi connectivity index (χ1) is 28.9. The molecule has 7 amide bonds. The van der Waals surface area contributed by atoms with Gasteiger partial charge in [0.15, 0.2) is 11.5 Å². The molecule has 2 atom stereocenters. The number of primary amides is 1. The van der Waals surface area contributed by atoms with Crippen LogP contribution in [0.15, 0.2) is 48.7 Å². The highest BCUT2D eigenvalue weighted by Gasteiger charge is 2.46. The van der Waals surface area contributed by atoms with E-state index in [4.69, 9.17) is 10.7 Å². The maximum Gasteiger partial charge on any atom is 0.320 e. The van der Waals surface area contributed by atoms with Crippen molar-refractivity contribution >= 4 is 58.6 Å². The second-order valence-electron chi connectivity index (χ2n) is 17.4. The molecule has 0 bridgehead atoms. The highest BCUT2D eigenvalue weighted by molar-refractivity contribution is 6.25. The Labute approximate surface area is 348 Å². The number of nitrogens with one attached hydrogen (secondary N) is 3. The largest absolute Gasteiger partial charge is 0.382 e. The van der Waals surface area contributed by atoms with Gasteiger partial charge < -0.3 is 36.0 Å². The number of piperidine rings is 3. The number of nitrogens with zero attached hydrogens (tertiary/aromatic N) is 7. The predicted molar refractivity (Wildman–Crippen MR) is 222 cm³/mol. The van der Waals surface area contributed by atoms with Crippen molar-refractivity contribution in [3.8, 4) is 0 Å². The number of carbonyl (C=O) groups is 6. The van der Waals surface area contributed by atoms with Crippen LogP contribution in [0, 0.1) is 0 Å². The van der Waals surface area contributed by atoms with Crippen LogP contribution in [-0.4, -0.2) is 136 Å². The minimum absolute atomic E-state index is 0.0171. The fourth-order valence-electron chi connectivity index (χ4n) is 9.85. The van der Waals surface area contributed by atoms with Crippen molar-refractivity contribution < 1.29 is 28.8 Å².